The van der Waals surface area contributed by atoms with Crippen molar-refractivity contribution in [1.82, 2.24) is 4.72 Å². The van der Waals surface area contributed by atoms with Gasteiger partial charge in [0.25, 0.3) is 0 Å². The zero-order valence-corrected chi connectivity index (χ0v) is 14.6. The van der Waals surface area contributed by atoms with Crippen molar-refractivity contribution in [1.29, 1.82) is 0 Å². The van der Waals surface area contributed by atoms with Gasteiger partial charge < -0.3 is 5.11 Å². The van der Waals surface area contributed by atoms with Crippen LogP contribution in [-0.2, 0) is 23.1 Å². The van der Waals surface area contributed by atoms with Gasteiger partial charge in [-0.1, -0.05) is 12.1 Å². The second kappa shape index (κ2) is 7.02. The van der Waals surface area contributed by atoms with Gasteiger partial charge in [-0.3, -0.25) is 0 Å². The average Bonchev–Trinajstić information content (AvgIpc) is 2.91. The molecule has 1 heterocycles. The fourth-order valence-corrected chi connectivity index (χ4v) is 5.05. The molecular formula is C14H16BrNO3S2. The Balaban J connectivity index is 2.18. The number of sulfonamides is 1. The van der Waals surface area contributed by atoms with E-state index in [1.54, 1.807) is 23.5 Å². The Bertz CT molecular complexity index is 699. The molecule has 114 valence electrons. The molecule has 0 aliphatic heterocycles. The highest BCUT2D eigenvalue weighted by Crippen LogP contribution is 2.24. The lowest BCUT2D eigenvalue weighted by Crippen LogP contribution is -2.34. The first-order valence-corrected chi connectivity index (χ1v) is 9.52. The monoisotopic (exact) mass is 389 g/mol. The van der Waals surface area contributed by atoms with Gasteiger partial charge in [-0.15, -0.1) is 11.3 Å². The second-order valence-electron chi connectivity index (χ2n) is 4.73. The van der Waals surface area contributed by atoms with Crippen LogP contribution in [0.4, 0.5) is 0 Å². The molecule has 1 atom stereocenters. The van der Waals surface area contributed by atoms with Gasteiger partial charge in [0.1, 0.15) is 0 Å². The van der Waals surface area contributed by atoms with E-state index in [0.29, 0.717) is 16.5 Å². The first-order chi connectivity index (χ1) is 9.92. The SMILES string of the molecule is CC(Cc1cccs1)NS(=O)(=O)c1cc(CO)ccc1Br. The standard InChI is InChI=1S/C14H16BrNO3S2/c1-10(7-12-3-2-6-20-12)16-21(18,19)14-8-11(9-17)4-5-13(14)15/h2-6,8,10,16-17H,7,9H2,1H3. The Hall–Kier alpha value is -0.730. The van der Waals surface area contributed by atoms with Crippen molar-refractivity contribution in [3.63, 3.8) is 0 Å². The Morgan fingerprint density at radius 1 is 1.38 bits per heavy atom. The number of aliphatic hydroxyl groups is 1. The minimum absolute atomic E-state index is 0.145. The van der Waals surface area contributed by atoms with Crippen molar-refractivity contribution >= 4 is 37.3 Å². The quantitative estimate of drug-likeness (QED) is 0.797. The van der Waals surface area contributed by atoms with E-state index in [2.05, 4.69) is 20.7 Å². The number of hydrogen-bond donors (Lipinski definition) is 2. The number of halogens is 1. The predicted molar refractivity (Wildman–Crippen MR) is 87.9 cm³/mol. The molecule has 0 aliphatic rings. The minimum atomic E-state index is -3.63. The fraction of sp³-hybridized carbons (Fsp3) is 0.286. The van der Waals surface area contributed by atoms with Crippen molar-refractivity contribution in [3.8, 4) is 0 Å². The van der Waals surface area contributed by atoms with E-state index in [9.17, 15) is 8.42 Å². The molecule has 0 radical (unpaired) electrons. The van der Waals surface area contributed by atoms with E-state index in [1.165, 1.54) is 6.07 Å². The summed E-state index contributed by atoms with van der Waals surface area (Å²) >= 11 is 4.85. The Morgan fingerprint density at radius 2 is 2.14 bits per heavy atom. The third-order valence-electron chi connectivity index (χ3n) is 2.91. The van der Waals surface area contributed by atoms with Crippen molar-refractivity contribution in [3.05, 3.63) is 50.6 Å². The maximum Gasteiger partial charge on any atom is 0.241 e. The van der Waals surface area contributed by atoms with E-state index in [1.807, 2.05) is 24.4 Å². The Morgan fingerprint density at radius 3 is 2.76 bits per heavy atom. The molecule has 0 saturated carbocycles. The molecular weight excluding hydrogens is 374 g/mol. The van der Waals surface area contributed by atoms with Crippen LogP contribution >= 0.6 is 27.3 Å². The summed E-state index contributed by atoms with van der Waals surface area (Å²) in [5.41, 5.74) is 0.560. The third kappa shape index (κ3) is 4.37. The van der Waals surface area contributed by atoms with E-state index >= 15 is 0 Å². The van der Waals surface area contributed by atoms with Crippen LogP contribution in [0.2, 0.25) is 0 Å². The zero-order chi connectivity index (χ0) is 15.5. The maximum absolute atomic E-state index is 12.4. The topological polar surface area (TPSA) is 66.4 Å². The Labute approximate surface area is 137 Å². The van der Waals surface area contributed by atoms with Gasteiger partial charge in [0.05, 0.1) is 11.5 Å². The first-order valence-electron chi connectivity index (χ1n) is 6.36. The van der Waals surface area contributed by atoms with Crippen molar-refractivity contribution in [2.45, 2.75) is 30.9 Å². The van der Waals surface area contributed by atoms with E-state index in [4.69, 9.17) is 5.11 Å². The second-order valence-corrected chi connectivity index (χ2v) is 8.30. The summed E-state index contributed by atoms with van der Waals surface area (Å²) < 4.78 is 28.0. The highest BCUT2D eigenvalue weighted by Gasteiger charge is 2.21. The molecule has 1 aromatic heterocycles. The van der Waals surface area contributed by atoms with Crippen LogP contribution in [0.15, 0.2) is 45.1 Å². The van der Waals surface area contributed by atoms with Gasteiger partial charge in [0.15, 0.2) is 0 Å². The lowest BCUT2D eigenvalue weighted by molar-refractivity contribution is 0.281. The third-order valence-corrected chi connectivity index (χ3v) is 6.39. The molecule has 1 aromatic carbocycles. The molecule has 2 rings (SSSR count). The number of thiophene rings is 1. The molecule has 21 heavy (non-hydrogen) atoms. The number of aliphatic hydroxyl groups excluding tert-OH is 1. The number of benzene rings is 1. The van der Waals surface area contributed by atoms with Crippen molar-refractivity contribution < 1.29 is 13.5 Å². The lowest BCUT2D eigenvalue weighted by atomic mass is 10.2. The molecule has 2 aromatic rings. The van der Waals surface area contributed by atoms with Gasteiger partial charge in [-0.2, -0.15) is 0 Å². The number of hydrogen-bond acceptors (Lipinski definition) is 4. The molecule has 0 aliphatic carbocycles. The van der Waals surface area contributed by atoms with Crippen LogP contribution < -0.4 is 4.72 Å². The van der Waals surface area contributed by atoms with E-state index in [0.717, 1.165) is 4.88 Å². The predicted octanol–water partition coefficient (Wildman–Crippen LogP) is 2.91. The highest BCUT2D eigenvalue weighted by molar-refractivity contribution is 9.10. The summed E-state index contributed by atoms with van der Waals surface area (Å²) in [6.07, 6.45) is 0.647. The Kier molecular flexibility index (Phi) is 5.56. The summed E-state index contributed by atoms with van der Waals surface area (Å²) in [7, 11) is -3.63. The van der Waals surface area contributed by atoms with Gasteiger partial charge in [0.2, 0.25) is 10.0 Å². The van der Waals surface area contributed by atoms with Crippen LogP contribution in [0.25, 0.3) is 0 Å². The summed E-state index contributed by atoms with van der Waals surface area (Å²) in [5, 5.41) is 11.1. The van der Waals surface area contributed by atoms with Crippen molar-refractivity contribution in [2.75, 3.05) is 0 Å². The molecule has 0 saturated heterocycles. The van der Waals surface area contributed by atoms with Gasteiger partial charge in [-0.25, -0.2) is 13.1 Å². The lowest BCUT2D eigenvalue weighted by Gasteiger charge is -2.15. The van der Waals surface area contributed by atoms with E-state index < -0.39 is 10.0 Å². The number of nitrogens with one attached hydrogen (secondary N) is 1. The first kappa shape index (κ1) is 16.6. The largest absolute Gasteiger partial charge is 0.392 e. The van der Waals surface area contributed by atoms with Gasteiger partial charge in [-0.05, 0) is 58.4 Å². The summed E-state index contributed by atoms with van der Waals surface area (Å²) in [6.45, 7) is 1.64. The van der Waals surface area contributed by atoms with Gasteiger partial charge in [0, 0.05) is 15.4 Å². The van der Waals surface area contributed by atoms with E-state index in [-0.39, 0.29) is 17.5 Å². The van der Waals surface area contributed by atoms with Crippen LogP contribution in [0.1, 0.15) is 17.4 Å². The maximum atomic E-state index is 12.4. The molecule has 0 spiro atoms. The molecule has 0 bridgehead atoms. The van der Waals surface area contributed by atoms with Crippen LogP contribution in [0, 0.1) is 0 Å². The molecule has 7 heteroatoms. The normalized spacial score (nSPS) is 13.3. The molecule has 0 amide bonds. The molecule has 2 N–H and O–H groups in total. The summed E-state index contributed by atoms with van der Waals surface area (Å²) in [4.78, 5) is 1.28. The van der Waals surface area contributed by atoms with Crippen LogP contribution in [-0.4, -0.2) is 19.6 Å². The zero-order valence-electron chi connectivity index (χ0n) is 11.4. The van der Waals surface area contributed by atoms with Crippen LogP contribution in [0.5, 0.6) is 0 Å². The molecule has 4 nitrogen and oxygen atoms in total. The van der Waals surface area contributed by atoms with Crippen LogP contribution in [0.3, 0.4) is 0 Å². The van der Waals surface area contributed by atoms with Crippen molar-refractivity contribution in [2.24, 2.45) is 0 Å². The average molecular weight is 390 g/mol. The highest BCUT2D eigenvalue weighted by atomic mass is 79.9. The number of rotatable bonds is 6. The smallest absolute Gasteiger partial charge is 0.241 e. The summed E-state index contributed by atoms with van der Waals surface area (Å²) in [5.74, 6) is 0. The fourth-order valence-electron chi connectivity index (χ4n) is 1.95. The van der Waals surface area contributed by atoms with Gasteiger partial charge >= 0.3 is 0 Å². The minimum Gasteiger partial charge on any atom is -0.392 e. The summed E-state index contributed by atoms with van der Waals surface area (Å²) in [6, 6.07) is 8.51. The molecule has 1 unspecified atom stereocenters. The molecule has 0 fully saturated rings.